The number of aliphatic hydroxyl groups is 1. The molecule has 1 aliphatic rings. The Bertz CT molecular complexity index is 610. The van der Waals surface area contributed by atoms with Crippen molar-refractivity contribution in [3.63, 3.8) is 0 Å². The van der Waals surface area contributed by atoms with Gasteiger partial charge in [-0.05, 0) is 12.8 Å². The SMILES string of the molecule is O=C(NCC1CCCCC1O)c1cnn2ccncc12. The molecule has 106 valence electrons. The standard InChI is InChI=1S/C14H18N4O2/c19-13-4-2-1-3-10(13)7-16-14(20)11-8-17-18-6-5-15-9-12(11)18/h5-6,8-10,13,19H,1-4,7H2,(H,16,20). The fourth-order valence-electron chi connectivity index (χ4n) is 2.75. The van der Waals surface area contributed by atoms with Gasteiger partial charge in [0.1, 0.15) is 0 Å². The van der Waals surface area contributed by atoms with Gasteiger partial charge in [0, 0.05) is 24.9 Å². The second-order valence-corrected chi connectivity index (χ2v) is 5.29. The maximum Gasteiger partial charge on any atom is 0.255 e. The minimum absolute atomic E-state index is 0.160. The van der Waals surface area contributed by atoms with Gasteiger partial charge in [0.25, 0.3) is 5.91 Å². The normalized spacial score (nSPS) is 22.9. The molecule has 0 aromatic carbocycles. The Morgan fingerprint density at radius 2 is 2.25 bits per heavy atom. The first-order chi connectivity index (χ1) is 9.75. The fourth-order valence-corrected chi connectivity index (χ4v) is 2.75. The molecule has 2 heterocycles. The van der Waals surface area contributed by atoms with E-state index in [0.717, 1.165) is 25.7 Å². The van der Waals surface area contributed by atoms with Gasteiger partial charge >= 0.3 is 0 Å². The van der Waals surface area contributed by atoms with Crippen LogP contribution in [0.1, 0.15) is 36.0 Å². The third-order valence-electron chi connectivity index (χ3n) is 3.96. The van der Waals surface area contributed by atoms with Crippen LogP contribution >= 0.6 is 0 Å². The molecule has 1 saturated carbocycles. The van der Waals surface area contributed by atoms with Gasteiger partial charge in [0.05, 0.1) is 29.6 Å². The van der Waals surface area contributed by atoms with E-state index in [1.165, 1.54) is 0 Å². The molecule has 6 nitrogen and oxygen atoms in total. The summed E-state index contributed by atoms with van der Waals surface area (Å²) in [4.78, 5) is 16.2. The van der Waals surface area contributed by atoms with Crippen LogP contribution in [0.25, 0.3) is 5.52 Å². The molecule has 0 radical (unpaired) electrons. The molecular weight excluding hydrogens is 256 g/mol. The molecule has 0 spiro atoms. The van der Waals surface area contributed by atoms with Crippen LogP contribution in [-0.2, 0) is 0 Å². The van der Waals surface area contributed by atoms with Gasteiger partial charge in [-0.25, -0.2) is 4.52 Å². The molecule has 1 aliphatic carbocycles. The van der Waals surface area contributed by atoms with E-state index in [2.05, 4.69) is 15.4 Å². The van der Waals surface area contributed by atoms with Crippen LogP contribution in [-0.4, -0.2) is 38.3 Å². The number of aliphatic hydroxyl groups excluding tert-OH is 1. The van der Waals surface area contributed by atoms with Crippen LogP contribution in [0.15, 0.2) is 24.8 Å². The average molecular weight is 274 g/mol. The molecule has 0 saturated heterocycles. The Kier molecular flexibility index (Phi) is 3.64. The molecule has 0 bridgehead atoms. The van der Waals surface area contributed by atoms with Crippen molar-refractivity contribution in [2.75, 3.05) is 6.54 Å². The van der Waals surface area contributed by atoms with E-state index in [1.54, 1.807) is 29.3 Å². The van der Waals surface area contributed by atoms with Crippen molar-refractivity contribution < 1.29 is 9.90 Å². The van der Waals surface area contributed by atoms with Crippen molar-refractivity contribution in [1.82, 2.24) is 19.9 Å². The molecule has 2 N–H and O–H groups in total. The van der Waals surface area contributed by atoms with Crippen LogP contribution in [0.4, 0.5) is 0 Å². The number of aromatic nitrogens is 3. The Hall–Kier alpha value is -1.95. The Labute approximate surface area is 116 Å². The van der Waals surface area contributed by atoms with E-state index >= 15 is 0 Å². The van der Waals surface area contributed by atoms with Gasteiger partial charge in [-0.2, -0.15) is 5.10 Å². The first-order valence-corrected chi connectivity index (χ1v) is 6.99. The highest BCUT2D eigenvalue weighted by molar-refractivity contribution is 6.00. The predicted octanol–water partition coefficient (Wildman–Crippen LogP) is 1.01. The van der Waals surface area contributed by atoms with Gasteiger partial charge < -0.3 is 10.4 Å². The second kappa shape index (κ2) is 5.58. The number of amides is 1. The van der Waals surface area contributed by atoms with Gasteiger partial charge in [0.15, 0.2) is 0 Å². The van der Waals surface area contributed by atoms with E-state index in [9.17, 15) is 9.90 Å². The molecule has 1 fully saturated rings. The monoisotopic (exact) mass is 274 g/mol. The molecule has 2 aromatic rings. The van der Waals surface area contributed by atoms with E-state index in [-0.39, 0.29) is 17.9 Å². The Morgan fingerprint density at radius 1 is 1.40 bits per heavy atom. The van der Waals surface area contributed by atoms with Gasteiger partial charge in [-0.3, -0.25) is 9.78 Å². The van der Waals surface area contributed by atoms with Gasteiger partial charge in [0.2, 0.25) is 0 Å². The average Bonchev–Trinajstić information content (AvgIpc) is 2.90. The summed E-state index contributed by atoms with van der Waals surface area (Å²) in [6.07, 6.45) is 10.2. The quantitative estimate of drug-likeness (QED) is 0.875. The molecule has 6 heteroatoms. The predicted molar refractivity (Wildman–Crippen MR) is 73.3 cm³/mol. The largest absolute Gasteiger partial charge is 0.393 e. The summed E-state index contributed by atoms with van der Waals surface area (Å²) in [6, 6.07) is 0. The highest BCUT2D eigenvalue weighted by Crippen LogP contribution is 2.23. The summed E-state index contributed by atoms with van der Waals surface area (Å²) in [5.74, 6) is -0.00145. The summed E-state index contributed by atoms with van der Waals surface area (Å²) in [6.45, 7) is 0.512. The highest BCUT2D eigenvalue weighted by Gasteiger charge is 2.24. The molecule has 20 heavy (non-hydrogen) atoms. The van der Waals surface area contributed by atoms with Crippen LogP contribution in [0.2, 0.25) is 0 Å². The van der Waals surface area contributed by atoms with Gasteiger partial charge in [-0.1, -0.05) is 12.8 Å². The zero-order chi connectivity index (χ0) is 13.9. The maximum atomic E-state index is 12.2. The number of fused-ring (bicyclic) bond motifs is 1. The number of hydrogen-bond acceptors (Lipinski definition) is 4. The molecule has 2 unspecified atom stereocenters. The first kappa shape index (κ1) is 13.1. The number of hydrogen-bond donors (Lipinski definition) is 2. The lowest BCUT2D eigenvalue weighted by atomic mass is 9.86. The van der Waals surface area contributed by atoms with Crippen molar-refractivity contribution >= 4 is 11.4 Å². The number of nitrogens with zero attached hydrogens (tertiary/aromatic N) is 3. The Morgan fingerprint density at radius 3 is 3.10 bits per heavy atom. The highest BCUT2D eigenvalue weighted by atomic mass is 16.3. The van der Waals surface area contributed by atoms with Crippen molar-refractivity contribution in [1.29, 1.82) is 0 Å². The van der Waals surface area contributed by atoms with E-state index in [1.807, 2.05) is 0 Å². The summed E-state index contributed by atoms with van der Waals surface area (Å²) in [7, 11) is 0. The van der Waals surface area contributed by atoms with Crippen molar-refractivity contribution in [2.45, 2.75) is 31.8 Å². The molecule has 1 amide bonds. The fraction of sp³-hybridized carbons (Fsp3) is 0.500. The topological polar surface area (TPSA) is 79.5 Å². The third kappa shape index (κ3) is 2.51. The van der Waals surface area contributed by atoms with E-state index < -0.39 is 0 Å². The van der Waals surface area contributed by atoms with E-state index in [4.69, 9.17) is 0 Å². The summed E-state index contributed by atoms with van der Waals surface area (Å²) in [5, 5.41) is 16.9. The van der Waals surface area contributed by atoms with Crippen molar-refractivity contribution in [3.05, 3.63) is 30.4 Å². The maximum absolute atomic E-state index is 12.2. The zero-order valence-corrected chi connectivity index (χ0v) is 11.2. The molecule has 2 atom stereocenters. The summed E-state index contributed by atoms with van der Waals surface area (Å²) >= 11 is 0. The van der Waals surface area contributed by atoms with Crippen LogP contribution in [0, 0.1) is 5.92 Å². The molecule has 2 aromatic heterocycles. The lowest BCUT2D eigenvalue weighted by Gasteiger charge is -2.27. The van der Waals surface area contributed by atoms with Crippen LogP contribution in [0.5, 0.6) is 0 Å². The lowest BCUT2D eigenvalue weighted by Crippen LogP contribution is -2.36. The number of nitrogens with one attached hydrogen (secondary N) is 1. The van der Waals surface area contributed by atoms with Gasteiger partial charge in [-0.15, -0.1) is 0 Å². The van der Waals surface area contributed by atoms with Crippen LogP contribution in [0.3, 0.4) is 0 Å². The minimum atomic E-state index is -0.297. The number of rotatable bonds is 3. The molecule has 0 aliphatic heterocycles. The lowest BCUT2D eigenvalue weighted by molar-refractivity contribution is 0.0663. The Balaban J connectivity index is 1.67. The smallest absolute Gasteiger partial charge is 0.255 e. The first-order valence-electron chi connectivity index (χ1n) is 6.99. The summed E-state index contributed by atoms with van der Waals surface area (Å²) in [5.41, 5.74) is 1.21. The summed E-state index contributed by atoms with van der Waals surface area (Å²) < 4.78 is 1.62. The second-order valence-electron chi connectivity index (χ2n) is 5.29. The number of carbonyl (C=O) groups excluding carboxylic acids is 1. The van der Waals surface area contributed by atoms with Crippen molar-refractivity contribution in [2.24, 2.45) is 5.92 Å². The molecule has 3 rings (SSSR count). The molecular formula is C14H18N4O2. The minimum Gasteiger partial charge on any atom is -0.393 e. The third-order valence-corrected chi connectivity index (χ3v) is 3.96. The van der Waals surface area contributed by atoms with Crippen LogP contribution < -0.4 is 5.32 Å². The zero-order valence-electron chi connectivity index (χ0n) is 11.2. The van der Waals surface area contributed by atoms with Crippen molar-refractivity contribution in [3.8, 4) is 0 Å². The number of carbonyl (C=O) groups is 1. The van der Waals surface area contributed by atoms with E-state index in [0.29, 0.717) is 17.6 Å².